The summed E-state index contributed by atoms with van der Waals surface area (Å²) in [5.74, 6) is 0. The molecule has 1 aliphatic rings. The van der Waals surface area contributed by atoms with Crippen molar-refractivity contribution >= 4 is 27.5 Å². The van der Waals surface area contributed by atoms with Crippen LogP contribution >= 0.6 is 27.5 Å². The Balaban J connectivity index is 2.18. The number of halogens is 2. The third-order valence-corrected chi connectivity index (χ3v) is 3.94. The zero-order valence-electron chi connectivity index (χ0n) is 9.34. The molecule has 0 amide bonds. The molecule has 0 aliphatic carbocycles. The van der Waals surface area contributed by atoms with Gasteiger partial charge < -0.3 is 5.32 Å². The van der Waals surface area contributed by atoms with Crippen LogP contribution in [0.2, 0.25) is 5.02 Å². The highest BCUT2D eigenvalue weighted by Crippen LogP contribution is 2.29. The van der Waals surface area contributed by atoms with Crippen LogP contribution in [0.25, 0.3) is 0 Å². The Bertz CT molecular complexity index is 364. The third-order valence-electron chi connectivity index (χ3n) is 3.11. The third kappa shape index (κ3) is 2.77. The average Bonchev–Trinajstić information content (AvgIpc) is 2.32. The summed E-state index contributed by atoms with van der Waals surface area (Å²) in [6, 6.07) is 6.44. The second-order valence-electron chi connectivity index (χ2n) is 4.13. The van der Waals surface area contributed by atoms with Gasteiger partial charge in [0, 0.05) is 41.7 Å². The molecular weight excluding hydrogens is 288 g/mol. The lowest BCUT2D eigenvalue weighted by atomic mass is 10.1. The molecule has 0 saturated carbocycles. The molecule has 0 bridgehead atoms. The number of piperazine rings is 1. The van der Waals surface area contributed by atoms with E-state index in [0.717, 1.165) is 35.7 Å². The number of nitrogens with zero attached hydrogens (tertiary/aromatic N) is 1. The van der Waals surface area contributed by atoms with Gasteiger partial charge in [-0.25, -0.2) is 0 Å². The van der Waals surface area contributed by atoms with Gasteiger partial charge in [0.25, 0.3) is 0 Å². The Hall–Kier alpha value is -0.0900. The number of hydrogen-bond donors (Lipinski definition) is 1. The van der Waals surface area contributed by atoms with Crippen LogP contribution in [0.5, 0.6) is 0 Å². The molecule has 2 rings (SSSR count). The van der Waals surface area contributed by atoms with Gasteiger partial charge in [-0.2, -0.15) is 0 Å². The lowest BCUT2D eigenvalue weighted by Crippen LogP contribution is -2.44. The molecule has 1 N–H and O–H groups in total. The Kier molecular flexibility index (Phi) is 4.25. The largest absolute Gasteiger partial charge is 0.314 e. The molecule has 4 heteroatoms. The molecule has 0 spiro atoms. The molecule has 16 heavy (non-hydrogen) atoms. The minimum Gasteiger partial charge on any atom is -0.314 e. The van der Waals surface area contributed by atoms with E-state index in [4.69, 9.17) is 11.6 Å². The second kappa shape index (κ2) is 5.50. The van der Waals surface area contributed by atoms with Crippen molar-refractivity contribution in [1.82, 2.24) is 10.2 Å². The van der Waals surface area contributed by atoms with E-state index in [9.17, 15) is 0 Å². The fourth-order valence-corrected chi connectivity index (χ4v) is 2.76. The van der Waals surface area contributed by atoms with Gasteiger partial charge >= 0.3 is 0 Å². The first-order valence-electron chi connectivity index (χ1n) is 5.58. The fraction of sp³-hybridized carbons (Fsp3) is 0.500. The molecular formula is C12H16BrClN2. The highest BCUT2D eigenvalue weighted by Gasteiger charge is 2.19. The summed E-state index contributed by atoms with van der Waals surface area (Å²) in [4.78, 5) is 2.46. The van der Waals surface area contributed by atoms with Crippen molar-refractivity contribution < 1.29 is 0 Å². The van der Waals surface area contributed by atoms with Gasteiger partial charge in [-0.3, -0.25) is 4.90 Å². The molecule has 1 aromatic carbocycles. The van der Waals surface area contributed by atoms with Crippen molar-refractivity contribution in [2.45, 2.75) is 13.0 Å². The van der Waals surface area contributed by atoms with E-state index in [1.54, 1.807) is 0 Å². The first-order valence-corrected chi connectivity index (χ1v) is 6.75. The summed E-state index contributed by atoms with van der Waals surface area (Å²) in [6.45, 7) is 6.53. The number of rotatable bonds is 2. The zero-order valence-corrected chi connectivity index (χ0v) is 11.7. The number of hydrogen-bond acceptors (Lipinski definition) is 2. The van der Waals surface area contributed by atoms with Crippen molar-refractivity contribution in [3.63, 3.8) is 0 Å². The number of benzene rings is 1. The number of nitrogens with one attached hydrogen (secondary N) is 1. The lowest BCUT2D eigenvalue weighted by Gasteiger charge is -2.33. The predicted octanol–water partition coefficient (Wildman–Crippen LogP) is 3.07. The van der Waals surface area contributed by atoms with Gasteiger partial charge in [0.2, 0.25) is 0 Å². The van der Waals surface area contributed by atoms with Gasteiger partial charge in [-0.1, -0.05) is 27.5 Å². The van der Waals surface area contributed by atoms with Crippen LogP contribution in [0, 0.1) is 0 Å². The van der Waals surface area contributed by atoms with E-state index < -0.39 is 0 Å². The first kappa shape index (κ1) is 12.4. The normalized spacial score (nSPS) is 19.7. The van der Waals surface area contributed by atoms with Crippen LogP contribution in [0.3, 0.4) is 0 Å². The standard InChI is InChI=1S/C12H16BrClN2/c1-9(16-6-4-15-5-7-16)11-8-10(13)2-3-12(11)14/h2-3,8-9,15H,4-7H2,1H3/t9-/m1/s1. The molecule has 2 nitrogen and oxygen atoms in total. The maximum Gasteiger partial charge on any atom is 0.0454 e. The van der Waals surface area contributed by atoms with Crippen LogP contribution in [-0.4, -0.2) is 31.1 Å². The quantitative estimate of drug-likeness (QED) is 0.903. The summed E-state index contributed by atoms with van der Waals surface area (Å²) in [7, 11) is 0. The summed E-state index contributed by atoms with van der Waals surface area (Å²) in [6.07, 6.45) is 0. The minimum atomic E-state index is 0.382. The SMILES string of the molecule is C[C@H](c1cc(Br)ccc1Cl)N1CCNCC1. The van der Waals surface area contributed by atoms with E-state index >= 15 is 0 Å². The van der Waals surface area contributed by atoms with Crippen LogP contribution < -0.4 is 5.32 Å². The van der Waals surface area contributed by atoms with E-state index in [1.165, 1.54) is 5.56 Å². The highest BCUT2D eigenvalue weighted by molar-refractivity contribution is 9.10. The molecule has 1 aliphatic heterocycles. The van der Waals surface area contributed by atoms with Crippen LogP contribution in [0.1, 0.15) is 18.5 Å². The fourth-order valence-electron chi connectivity index (χ4n) is 2.10. The molecule has 1 aromatic rings. The summed E-state index contributed by atoms with van der Waals surface area (Å²) in [5.41, 5.74) is 1.21. The minimum absolute atomic E-state index is 0.382. The van der Waals surface area contributed by atoms with Gasteiger partial charge in [0.15, 0.2) is 0 Å². The van der Waals surface area contributed by atoms with Crippen LogP contribution in [-0.2, 0) is 0 Å². The molecule has 1 heterocycles. The summed E-state index contributed by atoms with van der Waals surface area (Å²) < 4.78 is 1.09. The van der Waals surface area contributed by atoms with Crippen LogP contribution in [0.4, 0.5) is 0 Å². The Labute approximate surface area is 110 Å². The maximum absolute atomic E-state index is 6.25. The molecule has 88 valence electrons. The van der Waals surface area contributed by atoms with Crippen molar-refractivity contribution in [2.24, 2.45) is 0 Å². The van der Waals surface area contributed by atoms with E-state index in [0.29, 0.717) is 6.04 Å². The Morgan fingerprint density at radius 3 is 2.75 bits per heavy atom. The van der Waals surface area contributed by atoms with Gasteiger partial charge in [-0.15, -0.1) is 0 Å². The van der Waals surface area contributed by atoms with Crippen molar-refractivity contribution in [3.8, 4) is 0 Å². The summed E-state index contributed by atoms with van der Waals surface area (Å²) >= 11 is 9.75. The molecule has 1 fully saturated rings. The zero-order chi connectivity index (χ0) is 11.5. The molecule has 1 atom stereocenters. The molecule has 0 unspecified atom stereocenters. The van der Waals surface area contributed by atoms with E-state index in [2.05, 4.69) is 39.1 Å². The summed E-state index contributed by atoms with van der Waals surface area (Å²) in [5, 5.41) is 4.22. The molecule has 0 radical (unpaired) electrons. The Morgan fingerprint density at radius 1 is 1.38 bits per heavy atom. The van der Waals surface area contributed by atoms with Crippen molar-refractivity contribution in [3.05, 3.63) is 33.3 Å². The first-order chi connectivity index (χ1) is 7.68. The van der Waals surface area contributed by atoms with E-state index in [1.807, 2.05) is 12.1 Å². The van der Waals surface area contributed by atoms with Gasteiger partial charge in [-0.05, 0) is 30.7 Å². The smallest absolute Gasteiger partial charge is 0.0454 e. The highest BCUT2D eigenvalue weighted by atomic mass is 79.9. The van der Waals surface area contributed by atoms with Crippen molar-refractivity contribution in [1.29, 1.82) is 0 Å². The lowest BCUT2D eigenvalue weighted by molar-refractivity contribution is 0.185. The molecule has 1 saturated heterocycles. The second-order valence-corrected chi connectivity index (χ2v) is 5.45. The predicted molar refractivity (Wildman–Crippen MR) is 72.0 cm³/mol. The van der Waals surface area contributed by atoms with Crippen molar-refractivity contribution in [2.75, 3.05) is 26.2 Å². The maximum atomic E-state index is 6.25. The van der Waals surface area contributed by atoms with Gasteiger partial charge in [0.1, 0.15) is 0 Å². The molecule has 0 aromatic heterocycles. The van der Waals surface area contributed by atoms with Gasteiger partial charge in [0.05, 0.1) is 0 Å². The van der Waals surface area contributed by atoms with E-state index in [-0.39, 0.29) is 0 Å². The monoisotopic (exact) mass is 302 g/mol. The average molecular weight is 304 g/mol. The van der Waals surface area contributed by atoms with Crippen LogP contribution in [0.15, 0.2) is 22.7 Å². The topological polar surface area (TPSA) is 15.3 Å². The Morgan fingerprint density at radius 2 is 2.06 bits per heavy atom.